The number of benzene rings is 1. The van der Waals surface area contributed by atoms with Crippen molar-refractivity contribution in [3.05, 3.63) is 23.8 Å². The van der Waals surface area contributed by atoms with Crippen molar-refractivity contribution < 1.29 is 19.4 Å². The molecule has 1 unspecified atom stereocenters. The second-order valence-electron chi connectivity index (χ2n) is 8.08. The molecule has 1 saturated carbocycles. The average Bonchev–Trinajstić information content (AvgIpc) is 2.93. The van der Waals surface area contributed by atoms with Gasteiger partial charge in [-0.3, -0.25) is 9.69 Å². The van der Waals surface area contributed by atoms with E-state index in [4.69, 9.17) is 9.47 Å². The second-order valence-corrected chi connectivity index (χ2v) is 8.08. The molecule has 0 bridgehead atoms. The van der Waals surface area contributed by atoms with Crippen molar-refractivity contribution in [3.63, 3.8) is 0 Å². The van der Waals surface area contributed by atoms with Gasteiger partial charge >= 0.3 is 0 Å². The zero-order valence-corrected chi connectivity index (χ0v) is 15.0. The number of hydrogen-bond acceptors (Lipinski definition) is 5. The van der Waals surface area contributed by atoms with Crippen LogP contribution >= 0.6 is 0 Å². The molecular weight excluding hydrogens is 332 g/mol. The van der Waals surface area contributed by atoms with Crippen LogP contribution in [0, 0.1) is 0 Å². The molecule has 140 valence electrons. The van der Waals surface area contributed by atoms with E-state index in [1.165, 1.54) is 19.3 Å². The normalized spacial score (nSPS) is 28.7. The summed E-state index contributed by atoms with van der Waals surface area (Å²) in [6.07, 6.45) is 5.48. The van der Waals surface area contributed by atoms with E-state index < -0.39 is 11.9 Å². The Morgan fingerprint density at radius 3 is 2.65 bits per heavy atom. The third-order valence-electron chi connectivity index (χ3n) is 6.40. The number of anilines is 1. The van der Waals surface area contributed by atoms with Gasteiger partial charge in [-0.15, -0.1) is 0 Å². The minimum Gasteiger partial charge on any atom is -0.462 e. The van der Waals surface area contributed by atoms with Gasteiger partial charge in [0.25, 0.3) is 0 Å². The summed E-state index contributed by atoms with van der Waals surface area (Å²) in [5.74, 6) is 0.341. The fraction of sp³-hybridized carbons (Fsp3) is 0.650. The molecule has 5 rings (SSSR count). The van der Waals surface area contributed by atoms with E-state index in [0.717, 1.165) is 49.0 Å². The Morgan fingerprint density at radius 1 is 1.19 bits per heavy atom. The first-order valence-corrected chi connectivity index (χ1v) is 9.80. The van der Waals surface area contributed by atoms with Crippen LogP contribution in [-0.4, -0.2) is 53.5 Å². The highest BCUT2D eigenvalue weighted by atomic mass is 16.7. The molecule has 1 N–H and O–H groups in total. The Kier molecular flexibility index (Phi) is 3.95. The lowest BCUT2D eigenvalue weighted by Crippen LogP contribution is -2.54. The molecule has 3 fully saturated rings. The van der Waals surface area contributed by atoms with Gasteiger partial charge in [-0.2, -0.15) is 0 Å². The number of amides is 1. The number of aliphatic hydroxyl groups excluding tert-OH is 1. The van der Waals surface area contributed by atoms with Crippen LogP contribution in [0.25, 0.3) is 0 Å². The Morgan fingerprint density at radius 2 is 2.00 bits per heavy atom. The Balaban J connectivity index is 1.29. The number of nitrogens with zero attached hydrogens (tertiary/aromatic N) is 2. The summed E-state index contributed by atoms with van der Waals surface area (Å²) in [5, 5.41) is 9.70. The van der Waals surface area contributed by atoms with Crippen LogP contribution in [-0.2, 0) is 16.1 Å². The third kappa shape index (κ3) is 2.80. The number of hydrogen-bond donors (Lipinski definition) is 1. The van der Waals surface area contributed by atoms with Gasteiger partial charge in [-0.25, -0.2) is 0 Å². The van der Waals surface area contributed by atoms with E-state index in [9.17, 15) is 9.90 Å². The van der Waals surface area contributed by atoms with Crippen LogP contribution < -0.4 is 9.64 Å². The highest BCUT2D eigenvalue weighted by molar-refractivity contribution is 5.96. The largest absolute Gasteiger partial charge is 0.462 e. The first-order valence-electron chi connectivity index (χ1n) is 9.80. The van der Waals surface area contributed by atoms with E-state index in [0.29, 0.717) is 13.2 Å². The minimum absolute atomic E-state index is 0.0325. The molecule has 26 heavy (non-hydrogen) atoms. The van der Waals surface area contributed by atoms with Gasteiger partial charge in [-0.05, 0) is 31.0 Å². The topological polar surface area (TPSA) is 62.2 Å². The van der Waals surface area contributed by atoms with Gasteiger partial charge in [0.05, 0.1) is 25.7 Å². The number of rotatable bonds is 2. The lowest BCUT2D eigenvalue weighted by Gasteiger charge is -2.47. The molecule has 3 aliphatic heterocycles. The standard InChI is InChI=1S/C20H26N2O4/c23-17-11-19(24)22(12-17)16-4-5-18-14(10-16)13-25-20(26-18)6-8-21(9-7-20)15-2-1-3-15/h4-5,10,15,17,23H,1-3,6-9,11-13H2. The highest BCUT2D eigenvalue weighted by Gasteiger charge is 2.43. The van der Waals surface area contributed by atoms with Crippen molar-refractivity contribution in [2.45, 2.75) is 63.1 Å². The fourth-order valence-corrected chi connectivity index (χ4v) is 4.55. The van der Waals surface area contributed by atoms with Gasteiger partial charge in [-0.1, -0.05) is 6.42 Å². The zero-order valence-electron chi connectivity index (χ0n) is 15.0. The van der Waals surface area contributed by atoms with Gasteiger partial charge in [0.2, 0.25) is 11.7 Å². The number of fused-ring (bicyclic) bond motifs is 1. The van der Waals surface area contributed by atoms with Crippen LogP contribution in [0.2, 0.25) is 0 Å². The molecule has 0 aromatic heterocycles. The van der Waals surface area contributed by atoms with Crippen molar-refractivity contribution in [2.24, 2.45) is 0 Å². The third-order valence-corrected chi connectivity index (χ3v) is 6.40. The molecule has 1 spiro atoms. The minimum atomic E-state index is -0.574. The number of aliphatic hydroxyl groups is 1. The summed E-state index contributed by atoms with van der Waals surface area (Å²) in [6, 6.07) is 6.60. The van der Waals surface area contributed by atoms with E-state index in [1.807, 2.05) is 18.2 Å². The van der Waals surface area contributed by atoms with Gasteiger partial charge in [0.1, 0.15) is 5.75 Å². The predicted octanol–water partition coefficient (Wildman–Crippen LogP) is 2.04. The zero-order chi connectivity index (χ0) is 17.7. The summed E-state index contributed by atoms with van der Waals surface area (Å²) < 4.78 is 12.5. The fourth-order valence-electron chi connectivity index (χ4n) is 4.55. The summed E-state index contributed by atoms with van der Waals surface area (Å²) >= 11 is 0. The number of piperidine rings is 1. The van der Waals surface area contributed by atoms with Crippen molar-refractivity contribution in [2.75, 3.05) is 24.5 Å². The lowest BCUT2D eigenvalue weighted by molar-refractivity contribution is -0.231. The molecule has 2 saturated heterocycles. The summed E-state index contributed by atoms with van der Waals surface area (Å²) in [5.41, 5.74) is 1.79. The van der Waals surface area contributed by atoms with Crippen molar-refractivity contribution in [3.8, 4) is 5.75 Å². The molecule has 1 aromatic carbocycles. The van der Waals surface area contributed by atoms with E-state index in [1.54, 1.807) is 4.90 Å². The SMILES string of the molecule is O=C1CC(O)CN1c1ccc2c(c1)COC1(CCN(C3CCC3)CC1)O2. The maximum atomic E-state index is 12.0. The summed E-state index contributed by atoms with van der Waals surface area (Å²) in [6.45, 7) is 2.95. The predicted molar refractivity (Wildman–Crippen MR) is 96.0 cm³/mol. The molecular formula is C20H26N2O4. The summed E-state index contributed by atoms with van der Waals surface area (Å²) in [4.78, 5) is 16.2. The van der Waals surface area contributed by atoms with E-state index in [2.05, 4.69) is 4.90 Å². The molecule has 6 nitrogen and oxygen atoms in total. The quantitative estimate of drug-likeness (QED) is 0.877. The lowest BCUT2D eigenvalue weighted by atomic mass is 9.89. The number of likely N-dealkylation sites (tertiary alicyclic amines) is 1. The molecule has 6 heteroatoms. The van der Waals surface area contributed by atoms with Gasteiger partial charge in [0, 0.05) is 43.2 Å². The highest BCUT2D eigenvalue weighted by Crippen LogP contribution is 2.40. The molecule has 1 amide bonds. The Labute approximate surface area is 153 Å². The molecule has 0 radical (unpaired) electrons. The number of β-amino-alcohol motifs (C(OH)–C–C–N with tert-alkyl or cyclic N) is 1. The first-order chi connectivity index (χ1) is 12.6. The van der Waals surface area contributed by atoms with Gasteiger partial charge < -0.3 is 19.5 Å². The van der Waals surface area contributed by atoms with Crippen LogP contribution in [0.15, 0.2) is 18.2 Å². The number of ether oxygens (including phenoxy) is 2. The van der Waals surface area contributed by atoms with Crippen LogP contribution in [0.1, 0.15) is 44.1 Å². The molecule has 1 atom stereocenters. The monoisotopic (exact) mass is 358 g/mol. The molecule has 3 heterocycles. The van der Waals surface area contributed by atoms with Crippen molar-refractivity contribution >= 4 is 11.6 Å². The Hall–Kier alpha value is -1.63. The second kappa shape index (κ2) is 6.22. The van der Waals surface area contributed by atoms with E-state index in [-0.39, 0.29) is 12.3 Å². The van der Waals surface area contributed by atoms with Crippen molar-refractivity contribution in [1.29, 1.82) is 0 Å². The molecule has 1 aromatic rings. The Bertz CT molecular complexity index is 710. The summed E-state index contributed by atoms with van der Waals surface area (Å²) in [7, 11) is 0. The average molecular weight is 358 g/mol. The van der Waals surface area contributed by atoms with Crippen LogP contribution in [0.4, 0.5) is 5.69 Å². The van der Waals surface area contributed by atoms with Crippen LogP contribution in [0.3, 0.4) is 0 Å². The van der Waals surface area contributed by atoms with E-state index >= 15 is 0 Å². The molecule has 4 aliphatic rings. The van der Waals surface area contributed by atoms with Crippen molar-refractivity contribution in [1.82, 2.24) is 4.90 Å². The maximum absolute atomic E-state index is 12.0. The smallest absolute Gasteiger partial charge is 0.229 e. The number of carbonyl (C=O) groups excluding carboxylic acids is 1. The first kappa shape index (κ1) is 16.5. The van der Waals surface area contributed by atoms with Crippen LogP contribution in [0.5, 0.6) is 5.75 Å². The van der Waals surface area contributed by atoms with Gasteiger partial charge in [0.15, 0.2) is 0 Å². The molecule has 1 aliphatic carbocycles. The number of carbonyl (C=O) groups is 1. The maximum Gasteiger partial charge on any atom is 0.229 e.